The summed E-state index contributed by atoms with van der Waals surface area (Å²) < 4.78 is 2.27. The zero-order valence-electron chi connectivity index (χ0n) is 11.7. The van der Waals surface area contributed by atoms with Crippen molar-refractivity contribution in [2.75, 3.05) is 20.1 Å². The van der Waals surface area contributed by atoms with Gasteiger partial charge in [-0.05, 0) is 39.8 Å². The number of piperidine rings is 1. The lowest BCUT2D eigenvalue weighted by Gasteiger charge is -2.33. The molecule has 1 N–H and O–H groups in total. The molecule has 18 heavy (non-hydrogen) atoms. The van der Waals surface area contributed by atoms with Crippen LogP contribution in [0, 0.1) is 0 Å². The molecule has 0 bridgehead atoms. The van der Waals surface area contributed by atoms with E-state index in [4.69, 9.17) is 0 Å². The number of hydrogen-bond donors (Lipinski definition) is 1. The van der Waals surface area contributed by atoms with Gasteiger partial charge >= 0.3 is 0 Å². The third kappa shape index (κ3) is 3.56. The van der Waals surface area contributed by atoms with E-state index < -0.39 is 0 Å². The van der Waals surface area contributed by atoms with Gasteiger partial charge in [0.2, 0.25) is 0 Å². The molecule has 1 unspecified atom stereocenters. The van der Waals surface area contributed by atoms with E-state index in [0.29, 0.717) is 0 Å². The van der Waals surface area contributed by atoms with Gasteiger partial charge in [-0.2, -0.15) is 0 Å². The topological polar surface area (TPSA) is 33.1 Å². The first-order valence-corrected chi connectivity index (χ1v) is 7.19. The quantitative estimate of drug-likeness (QED) is 0.836. The Kier molecular flexibility index (Phi) is 5.20. The van der Waals surface area contributed by atoms with Crippen molar-refractivity contribution in [1.82, 2.24) is 19.8 Å². The third-order valence-corrected chi connectivity index (χ3v) is 3.94. The molecule has 4 heteroatoms. The van der Waals surface area contributed by atoms with Gasteiger partial charge in [0.15, 0.2) is 0 Å². The fourth-order valence-corrected chi connectivity index (χ4v) is 2.81. The molecular formula is C14H26N4. The lowest BCUT2D eigenvalue weighted by Crippen LogP contribution is -2.38. The standard InChI is InChI=1S/C14H26N4/c1-13-6-3-4-7-17(13)8-5-9-18-12-16-11-14(18)10-15-2/h11-13,15H,3-10H2,1-2H3. The summed E-state index contributed by atoms with van der Waals surface area (Å²) in [5.41, 5.74) is 1.28. The molecule has 0 radical (unpaired) electrons. The van der Waals surface area contributed by atoms with Crippen LogP contribution in [0.25, 0.3) is 0 Å². The van der Waals surface area contributed by atoms with Crippen LogP contribution >= 0.6 is 0 Å². The van der Waals surface area contributed by atoms with Crippen molar-refractivity contribution < 1.29 is 0 Å². The molecule has 1 fully saturated rings. The number of imidazole rings is 1. The highest BCUT2D eigenvalue weighted by atomic mass is 15.2. The Balaban J connectivity index is 1.75. The predicted octanol–water partition coefficient (Wildman–Crippen LogP) is 1.87. The summed E-state index contributed by atoms with van der Waals surface area (Å²) in [4.78, 5) is 6.87. The SMILES string of the molecule is CNCc1cncn1CCCN1CCCCC1C. The van der Waals surface area contributed by atoms with Gasteiger partial charge in [0.1, 0.15) is 0 Å². The molecule has 0 aliphatic carbocycles. The monoisotopic (exact) mass is 250 g/mol. The lowest BCUT2D eigenvalue weighted by molar-refractivity contribution is 0.156. The van der Waals surface area contributed by atoms with E-state index in [1.54, 1.807) is 0 Å². The second kappa shape index (κ2) is 6.90. The maximum atomic E-state index is 4.23. The number of nitrogens with zero attached hydrogens (tertiary/aromatic N) is 3. The zero-order valence-corrected chi connectivity index (χ0v) is 11.7. The van der Waals surface area contributed by atoms with Gasteiger partial charge < -0.3 is 14.8 Å². The molecule has 0 spiro atoms. The maximum Gasteiger partial charge on any atom is 0.0948 e. The van der Waals surface area contributed by atoms with Crippen LogP contribution in [0.1, 0.15) is 38.3 Å². The largest absolute Gasteiger partial charge is 0.333 e. The van der Waals surface area contributed by atoms with Crippen molar-refractivity contribution in [2.24, 2.45) is 0 Å². The van der Waals surface area contributed by atoms with Gasteiger partial charge in [-0.1, -0.05) is 6.42 Å². The first-order valence-electron chi connectivity index (χ1n) is 7.19. The highest BCUT2D eigenvalue weighted by Crippen LogP contribution is 2.16. The molecule has 1 aromatic rings. The summed E-state index contributed by atoms with van der Waals surface area (Å²) in [6, 6.07) is 0.776. The maximum absolute atomic E-state index is 4.23. The molecule has 2 rings (SSSR count). The number of hydrogen-bond acceptors (Lipinski definition) is 3. The molecular weight excluding hydrogens is 224 g/mol. The molecule has 0 aromatic carbocycles. The van der Waals surface area contributed by atoms with E-state index in [9.17, 15) is 0 Å². The van der Waals surface area contributed by atoms with Gasteiger partial charge in [-0.3, -0.25) is 0 Å². The van der Waals surface area contributed by atoms with Crippen LogP contribution in [0.3, 0.4) is 0 Å². The molecule has 4 nitrogen and oxygen atoms in total. The van der Waals surface area contributed by atoms with Crippen molar-refractivity contribution in [3.05, 3.63) is 18.2 Å². The number of aryl methyl sites for hydroxylation is 1. The minimum Gasteiger partial charge on any atom is -0.333 e. The fraction of sp³-hybridized carbons (Fsp3) is 0.786. The van der Waals surface area contributed by atoms with Crippen molar-refractivity contribution in [3.8, 4) is 0 Å². The van der Waals surface area contributed by atoms with Gasteiger partial charge in [0, 0.05) is 31.9 Å². The highest BCUT2D eigenvalue weighted by Gasteiger charge is 2.17. The van der Waals surface area contributed by atoms with Crippen molar-refractivity contribution in [1.29, 1.82) is 0 Å². The Morgan fingerprint density at radius 1 is 1.39 bits per heavy atom. The van der Waals surface area contributed by atoms with E-state index in [-0.39, 0.29) is 0 Å². The highest BCUT2D eigenvalue weighted by molar-refractivity contribution is 4.97. The number of rotatable bonds is 6. The van der Waals surface area contributed by atoms with Crippen LogP contribution in [-0.4, -0.2) is 40.6 Å². The molecule has 0 saturated carbocycles. The second-order valence-electron chi connectivity index (χ2n) is 5.34. The average Bonchev–Trinajstić information content (AvgIpc) is 2.80. The van der Waals surface area contributed by atoms with Crippen LogP contribution in [0.2, 0.25) is 0 Å². The first-order chi connectivity index (χ1) is 8.81. The Morgan fingerprint density at radius 2 is 2.28 bits per heavy atom. The Morgan fingerprint density at radius 3 is 3.06 bits per heavy atom. The van der Waals surface area contributed by atoms with Crippen molar-refractivity contribution in [2.45, 2.75) is 51.7 Å². The van der Waals surface area contributed by atoms with Gasteiger partial charge in [0.25, 0.3) is 0 Å². The number of likely N-dealkylation sites (tertiary alicyclic amines) is 1. The minimum atomic E-state index is 0.776. The normalized spacial score (nSPS) is 21.3. The molecule has 1 atom stereocenters. The van der Waals surface area contributed by atoms with E-state index in [1.165, 1.54) is 44.5 Å². The fourth-order valence-electron chi connectivity index (χ4n) is 2.81. The van der Waals surface area contributed by atoms with Crippen molar-refractivity contribution >= 4 is 0 Å². The molecule has 1 aliphatic heterocycles. The summed E-state index contributed by atoms with van der Waals surface area (Å²) in [5.74, 6) is 0. The lowest BCUT2D eigenvalue weighted by atomic mass is 10.0. The second-order valence-corrected chi connectivity index (χ2v) is 5.34. The molecule has 1 saturated heterocycles. The van der Waals surface area contributed by atoms with E-state index in [0.717, 1.165) is 19.1 Å². The van der Waals surface area contributed by atoms with Crippen LogP contribution in [0.15, 0.2) is 12.5 Å². The molecule has 0 amide bonds. The molecule has 1 aliphatic rings. The summed E-state index contributed by atoms with van der Waals surface area (Å²) in [6.45, 7) is 6.86. The summed E-state index contributed by atoms with van der Waals surface area (Å²) >= 11 is 0. The average molecular weight is 250 g/mol. The molecule has 102 valence electrons. The van der Waals surface area contributed by atoms with Crippen LogP contribution < -0.4 is 5.32 Å². The van der Waals surface area contributed by atoms with E-state index in [1.807, 2.05) is 19.6 Å². The Labute approximate surface area is 110 Å². The number of nitrogens with one attached hydrogen (secondary N) is 1. The molecule has 1 aromatic heterocycles. The Bertz CT molecular complexity index is 347. The van der Waals surface area contributed by atoms with Crippen LogP contribution in [-0.2, 0) is 13.1 Å². The van der Waals surface area contributed by atoms with E-state index in [2.05, 4.69) is 26.7 Å². The number of aromatic nitrogens is 2. The van der Waals surface area contributed by atoms with Crippen LogP contribution in [0.4, 0.5) is 0 Å². The van der Waals surface area contributed by atoms with Crippen molar-refractivity contribution in [3.63, 3.8) is 0 Å². The third-order valence-electron chi connectivity index (χ3n) is 3.94. The van der Waals surface area contributed by atoms with Gasteiger partial charge in [0.05, 0.1) is 12.0 Å². The van der Waals surface area contributed by atoms with Gasteiger partial charge in [-0.15, -0.1) is 0 Å². The summed E-state index contributed by atoms with van der Waals surface area (Å²) in [6.07, 6.45) is 9.28. The van der Waals surface area contributed by atoms with Gasteiger partial charge in [-0.25, -0.2) is 4.98 Å². The van der Waals surface area contributed by atoms with Crippen LogP contribution in [0.5, 0.6) is 0 Å². The Hall–Kier alpha value is -0.870. The smallest absolute Gasteiger partial charge is 0.0948 e. The zero-order chi connectivity index (χ0) is 12.8. The summed E-state index contributed by atoms with van der Waals surface area (Å²) in [7, 11) is 1.98. The van der Waals surface area contributed by atoms with E-state index >= 15 is 0 Å². The molecule has 2 heterocycles. The predicted molar refractivity (Wildman–Crippen MR) is 74.5 cm³/mol. The first kappa shape index (κ1) is 13.6. The summed E-state index contributed by atoms with van der Waals surface area (Å²) in [5, 5.41) is 3.19. The minimum absolute atomic E-state index is 0.776.